The van der Waals surface area contributed by atoms with Gasteiger partial charge in [-0.3, -0.25) is 20.4 Å². The Balaban J connectivity index is 1.29. The van der Waals surface area contributed by atoms with Gasteiger partial charge in [0.2, 0.25) is 15.9 Å². The van der Waals surface area contributed by atoms with E-state index in [0.29, 0.717) is 25.1 Å². The molecule has 0 aliphatic carbocycles. The minimum atomic E-state index is -3.49. The van der Waals surface area contributed by atoms with Crippen molar-refractivity contribution in [1.29, 1.82) is 0 Å². The molecule has 1 fully saturated rings. The second kappa shape index (κ2) is 10.4. The lowest BCUT2D eigenvalue weighted by atomic mass is 10.1. The predicted octanol–water partition coefficient (Wildman–Crippen LogP) is 3.14. The molecule has 4 rings (SSSR count). The molecule has 8 nitrogen and oxygen atoms in total. The summed E-state index contributed by atoms with van der Waals surface area (Å²) in [6.45, 7) is 1.13. The summed E-state index contributed by atoms with van der Waals surface area (Å²) in [4.78, 5) is 25.1. The fourth-order valence-corrected chi connectivity index (χ4v) is 5.81. The summed E-state index contributed by atoms with van der Waals surface area (Å²) in [5, 5.41) is 0.812. The molecule has 2 heterocycles. The van der Waals surface area contributed by atoms with Crippen molar-refractivity contribution in [1.82, 2.24) is 19.7 Å². The summed E-state index contributed by atoms with van der Waals surface area (Å²) in [6, 6.07) is 14.3. The molecule has 0 radical (unpaired) electrons. The van der Waals surface area contributed by atoms with Gasteiger partial charge in [0, 0.05) is 43.7 Å². The third-order valence-corrected chi connectivity index (χ3v) is 8.14. The van der Waals surface area contributed by atoms with Crippen molar-refractivity contribution < 1.29 is 18.0 Å². The molecule has 0 spiro atoms. The van der Waals surface area contributed by atoms with E-state index in [4.69, 9.17) is 0 Å². The molecule has 3 aromatic rings. The zero-order valence-electron chi connectivity index (χ0n) is 19.3. The summed E-state index contributed by atoms with van der Waals surface area (Å²) in [5.41, 5.74) is 7.20. The van der Waals surface area contributed by atoms with Gasteiger partial charge < -0.3 is 4.57 Å². The number of benzene rings is 2. The lowest BCUT2D eigenvalue weighted by molar-refractivity contribution is -0.121. The van der Waals surface area contributed by atoms with Crippen molar-refractivity contribution >= 4 is 32.7 Å². The maximum absolute atomic E-state index is 12.9. The Morgan fingerprint density at radius 1 is 0.912 bits per heavy atom. The van der Waals surface area contributed by atoms with Crippen LogP contribution in [-0.4, -0.2) is 42.2 Å². The molecule has 0 saturated carbocycles. The highest BCUT2D eigenvalue weighted by Gasteiger charge is 2.25. The van der Waals surface area contributed by atoms with Crippen molar-refractivity contribution in [2.45, 2.75) is 43.4 Å². The Morgan fingerprint density at radius 2 is 1.59 bits per heavy atom. The number of aryl methyl sites for hydroxylation is 2. The van der Waals surface area contributed by atoms with Crippen molar-refractivity contribution in [3.8, 4) is 0 Å². The molecule has 0 bridgehead atoms. The number of para-hydroxylation sites is 1. The number of hydrogen-bond acceptors (Lipinski definition) is 4. The number of hydrazine groups is 1. The summed E-state index contributed by atoms with van der Waals surface area (Å²) in [5.74, 6) is -0.705. The second-order valence-corrected chi connectivity index (χ2v) is 10.6. The van der Waals surface area contributed by atoms with Crippen LogP contribution in [0.3, 0.4) is 0 Å². The Kier molecular flexibility index (Phi) is 7.33. The van der Waals surface area contributed by atoms with E-state index in [1.54, 1.807) is 34.8 Å². The Morgan fingerprint density at radius 3 is 2.29 bits per heavy atom. The van der Waals surface area contributed by atoms with Gasteiger partial charge in [0.1, 0.15) is 0 Å². The van der Waals surface area contributed by atoms with E-state index < -0.39 is 10.0 Å². The van der Waals surface area contributed by atoms with Crippen LogP contribution in [0.5, 0.6) is 0 Å². The highest BCUT2D eigenvalue weighted by molar-refractivity contribution is 7.89. The summed E-state index contributed by atoms with van der Waals surface area (Å²) < 4.78 is 29.2. The standard InChI is InChI=1S/C25H30N4O4S/c1-28-18-22(21-8-4-5-9-23(21)28)25(31)27-26-24(30)15-12-19-10-13-20(14-11-19)34(32,33)29-16-6-2-3-7-17-29/h4-5,8-11,13-14,18H,2-3,6-7,12,15-17H2,1H3,(H,26,30)(H,27,31). The third kappa shape index (κ3) is 5.31. The molecule has 2 N–H and O–H groups in total. The van der Waals surface area contributed by atoms with Crippen LogP contribution in [-0.2, 0) is 28.3 Å². The minimum absolute atomic E-state index is 0.161. The van der Waals surface area contributed by atoms with Gasteiger partial charge in [0.05, 0.1) is 10.5 Å². The maximum atomic E-state index is 12.9. The number of rotatable bonds is 6. The number of carbonyl (C=O) groups is 2. The lowest BCUT2D eigenvalue weighted by Crippen LogP contribution is -2.41. The van der Waals surface area contributed by atoms with Gasteiger partial charge in [-0.15, -0.1) is 0 Å². The predicted molar refractivity (Wildman–Crippen MR) is 131 cm³/mol. The van der Waals surface area contributed by atoms with E-state index in [2.05, 4.69) is 10.9 Å². The van der Waals surface area contributed by atoms with Crippen LogP contribution in [0.25, 0.3) is 10.9 Å². The normalized spacial score (nSPS) is 15.1. The monoisotopic (exact) mass is 482 g/mol. The number of hydrogen-bond donors (Lipinski definition) is 2. The quantitative estimate of drug-likeness (QED) is 0.527. The first-order valence-corrected chi connectivity index (χ1v) is 13.0. The topological polar surface area (TPSA) is 101 Å². The van der Waals surface area contributed by atoms with E-state index >= 15 is 0 Å². The number of sulfonamides is 1. The van der Waals surface area contributed by atoms with Gasteiger partial charge in [0.25, 0.3) is 5.91 Å². The third-order valence-electron chi connectivity index (χ3n) is 6.22. The van der Waals surface area contributed by atoms with E-state index in [1.807, 2.05) is 35.9 Å². The molecular formula is C25H30N4O4S. The van der Waals surface area contributed by atoms with Crippen LogP contribution in [0.4, 0.5) is 0 Å². The smallest absolute Gasteiger partial charge is 0.271 e. The number of fused-ring (bicyclic) bond motifs is 1. The molecule has 2 amide bonds. The van der Waals surface area contributed by atoms with Gasteiger partial charge in [-0.25, -0.2) is 8.42 Å². The van der Waals surface area contributed by atoms with E-state index in [9.17, 15) is 18.0 Å². The molecule has 34 heavy (non-hydrogen) atoms. The summed E-state index contributed by atoms with van der Waals surface area (Å²) >= 11 is 0. The molecule has 1 saturated heterocycles. The van der Waals surface area contributed by atoms with Crippen LogP contribution in [0.1, 0.15) is 48.0 Å². The zero-order chi connectivity index (χ0) is 24.1. The fraction of sp³-hybridized carbons (Fsp3) is 0.360. The van der Waals surface area contributed by atoms with E-state index in [-0.39, 0.29) is 23.1 Å². The molecule has 1 aliphatic rings. The molecule has 0 atom stereocenters. The molecule has 2 aromatic carbocycles. The van der Waals surface area contributed by atoms with Gasteiger partial charge >= 0.3 is 0 Å². The van der Waals surface area contributed by atoms with E-state index in [0.717, 1.165) is 42.1 Å². The maximum Gasteiger partial charge on any atom is 0.271 e. The van der Waals surface area contributed by atoms with Crippen molar-refractivity contribution in [3.63, 3.8) is 0 Å². The Hall–Kier alpha value is -3.17. The van der Waals surface area contributed by atoms with Gasteiger partial charge in [-0.2, -0.15) is 4.31 Å². The average molecular weight is 483 g/mol. The van der Waals surface area contributed by atoms with Crippen LogP contribution in [0.15, 0.2) is 59.6 Å². The highest BCUT2D eigenvalue weighted by Crippen LogP contribution is 2.21. The van der Waals surface area contributed by atoms with E-state index in [1.165, 1.54) is 0 Å². The van der Waals surface area contributed by atoms with Crippen molar-refractivity contribution in [2.75, 3.05) is 13.1 Å². The van der Waals surface area contributed by atoms with Crippen LogP contribution < -0.4 is 10.9 Å². The largest absolute Gasteiger partial charge is 0.350 e. The molecule has 1 aliphatic heterocycles. The van der Waals surface area contributed by atoms with Gasteiger partial charge in [0.15, 0.2) is 0 Å². The fourth-order valence-electron chi connectivity index (χ4n) is 4.30. The Labute approximate surface area is 200 Å². The number of aromatic nitrogens is 1. The van der Waals surface area contributed by atoms with Crippen molar-refractivity contribution in [2.24, 2.45) is 7.05 Å². The summed E-state index contributed by atoms with van der Waals surface area (Å²) in [6.07, 6.45) is 6.24. The zero-order valence-corrected chi connectivity index (χ0v) is 20.1. The highest BCUT2D eigenvalue weighted by atomic mass is 32.2. The number of carbonyl (C=O) groups excluding carboxylic acids is 2. The molecule has 9 heteroatoms. The first-order valence-electron chi connectivity index (χ1n) is 11.6. The molecule has 0 unspecified atom stereocenters. The number of nitrogens with one attached hydrogen (secondary N) is 2. The lowest BCUT2D eigenvalue weighted by Gasteiger charge is -2.20. The van der Waals surface area contributed by atoms with Gasteiger partial charge in [-0.1, -0.05) is 43.2 Å². The Bertz CT molecular complexity index is 1270. The average Bonchev–Trinajstić information content (AvgIpc) is 3.01. The van der Waals surface area contributed by atoms with Crippen molar-refractivity contribution in [3.05, 3.63) is 65.9 Å². The van der Waals surface area contributed by atoms with Crippen LogP contribution in [0.2, 0.25) is 0 Å². The molecule has 180 valence electrons. The second-order valence-electron chi connectivity index (χ2n) is 8.64. The first-order chi connectivity index (χ1) is 16.4. The minimum Gasteiger partial charge on any atom is -0.350 e. The number of amides is 2. The van der Waals surface area contributed by atoms with Gasteiger partial charge in [-0.05, 0) is 43.0 Å². The number of nitrogens with zero attached hydrogens (tertiary/aromatic N) is 2. The van der Waals surface area contributed by atoms with Crippen LogP contribution >= 0.6 is 0 Å². The molecule has 1 aromatic heterocycles. The SMILES string of the molecule is Cn1cc(C(=O)NNC(=O)CCc2ccc(S(=O)(=O)N3CCCCCC3)cc2)c2ccccc21. The first kappa shape index (κ1) is 24.0. The summed E-state index contributed by atoms with van der Waals surface area (Å²) in [7, 11) is -1.62. The molecular weight excluding hydrogens is 452 g/mol. The van der Waals surface area contributed by atoms with Crippen LogP contribution in [0, 0.1) is 0 Å².